The van der Waals surface area contributed by atoms with Crippen molar-refractivity contribution in [3.63, 3.8) is 0 Å². The number of carboxylic acid groups (broad SMARTS) is 1. The molecule has 0 radical (unpaired) electrons. The molecular formula is C11H11F2NO5. The Kier molecular flexibility index (Phi) is 4.62. The van der Waals surface area contributed by atoms with Gasteiger partial charge in [0, 0.05) is 12.1 Å². The molecule has 0 saturated carbocycles. The van der Waals surface area contributed by atoms with Crippen LogP contribution in [0.1, 0.15) is 10.4 Å². The highest BCUT2D eigenvalue weighted by Crippen LogP contribution is 2.33. The number of carbonyl (C=O) groups is 2. The molecule has 0 saturated heterocycles. The standard InChI is InChI=1S/C11H11F2NO5/c1-18-7-3-5(11(16)17)6(4-8(7)19-2)14-10(15)9(12)13/h3-4,9H,1-2H3,(H,14,15)(H,16,17). The summed E-state index contributed by atoms with van der Waals surface area (Å²) in [7, 11) is 2.58. The molecular weight excluding hydrogens is 264 g/mol. The van der Waals surface area contributed by atoms with Crippen LogP contribution in [0.15, 0.2) is 12.1 Å². The lowest BCUT2D eigenvalue weighted by Crippen LogP contribution is -2.21. The van der Waals surface area contributed by atoms with Gasteiger partial charge in [-0.25, -0.2) is 4.79 Å². The molecule has 1 aromatic rings. The molecule has 1 aromatic carbocycles. The summed E-state index contributed by atoms with van der Waals surface area (Å²) >= 11 is 0. The van der Waals surface area contributed by atoms with Crippen molar-refractivity contribution in [3.8, 4) is 11.5 Å². The van der Waals surface area contributed by atoms with Crippen LogP contribution in [0, 0.1) is 0 Å². The number of hydrogen-bond acceptors (Lipinski definition) is 4. The Balaban J connectivity index is 3.27. The van der Waals surface area contributed by atoms with Crippen LogP contribution in [-0.4, -0.2) is 37.6 Å². The van der Waals surface area contributed by atoms with Gasteiger partial charge in [0.2, 0.25) is 0 Å². The van der Waals surface area contributed by atoms with Gasteiger partial charge in [-0.1, -0.05) is 0 Å². The van der Waals surface area contributed by atoms with Crippen LogP contribution in [0.3, 0.4) is 0 Å². The third kappa shape index (κ3) is 3.30. The van der Waals surface area contributed by atoms with E-state index in [1.807, 2.05) is 5.32 Å². The SMILES string of the molecule is COc1cc(NC(=O)C(F)F)c(C(=O)O)cc1OC. The van der Waals surface area contributed by atoms with Crippen molar-refractivity contribution in [2.75, 3.05) is 19.5 Å². The zero-order valence-electron chi connectivity index (χ0n) is 10.1. The maximum absolute atomic E-state index is 12.2. The van der Waals surface area contributed by atoms with Crippen LogP contribution in [0.5, 0.6) is 11.5 Å². The Hall–Kier alpha value is -2.38. The van der Waals surface area contributed by atoms with Crippen molar-refractivity contribution in [1.29, 1.82) is 0 Å². The van der Waals surface area contributed by atoms with E-state index in [2.05, 4.69) is 0 Å². The maximum Gasteiger partial charge on any atom is 0.337 e. The van der Waals surface area contributed by atoms with E-state index in [0.717, 1.165) is 12.1 Å². The summed E-state index contributed by atoms with van der Waals surface area (Å²) in [4.78, 5) is 21.9. The molecule has 0 fully saturated rings. The van der Waals surface area contributed by atoms with Gasteiger partial charge in [0.15, 0.2) is 11.5 Å². The molecule has 0 aliphatic heterocycles. The first kappa shape index (κ1) is 14.7. The number of hydrogen-bond donors (Lipinski definition) is 2. The van der Waals surface area contributed by atoms with Gasteiger partial charge in [-0.3, -0.25) is 4.79 Å². The Morgan fingerprint density at radius 3 is 2.16 bits per heavy atom. The van der Waals surface area contributed by atoms with E-state index in [-0.39, 0.29) is 22.7 Å². The molecule has 0 atom stereocenters. The van der Waals surface area contributed by atoms with E-state index >= 15 is 0 Å². The Bertz CT molecular complexity index is 504. The summed E-state index contributed by atoms with van der Waals surface area (Å²) < 4.78 is 34.1. The molecule has 0 heterocycles. The normalized spacial score (nSPS) is 10.2. The largest absolute Gasteiger partial charge is 0.493 e. The van der Waals surface area contributed by atoms with E-state index in [4.69, 9.17) is 14.6 Å². The van der Waals surface area contributed by atoms with E-state index in [1.165, 1.54) is 14.2 Å². The highest BCUT2D eigenvalue weighted by atomic mass is 19.3. The minimum atomic E-state index is -3.25. The Morgan fingerprint density at radius 1 is 1.21 bits per heavy atom. The van der Waals surface area contributed by atoms with E-state index < -0.39 is 18.3 Å². The highest BCUT2D eigenvalue weighted by molar-refractivity contribution is 6.02. The number of carboxylic acids is 1. The fraction of sp³-hybridized carbons (Fsp3) is 0.273. The van der Waals surface area contributed by atoms with Gasteiger partial charge in [-0.05, 0) is 0 Å². The zero-order chi connectivity index (χ0) is 14.6. The quantitative estimate of drug-likeness (QED) is 0.852. The lowest BCUT2D eigenvalue weighted by Gasteiger charge is -2.13. The van der Waals surface area contributed by atoms with Crippen molar-refractivity contribution < 1.29 is 33.0 Å². The number of halogens is 2. The van der Waals surface area contributed by atoms with Crippen LogP contribution >= 0.6 is 0 Å². The van der Waals surface area contributed by atoms with Crippen molar-refractivity contribution >= 4 is 17.6 Å². The first-order valence-corrected chi connectivity index (χ1v) is 4.99. The molecule has 0 aliphatic carbocycles. The second kappa shape index (κ2) is 5.98. The van der Waals surface area contributed by atoms with Gasteiger partial charge >= 0.3 is 12.4 Å². The predicted molar refractivity (Wildman–Crippen MR) is 61.1 cm³/mol. The van der Waals surface area contributed by atoms with Gasteiger partial charge in [0.1, 0.15) is 0 Å². The van der Waals surface area contributed by atoms with Crippen LogP contribution in [-0.2, 0) is 4.79 Å². The second-order valence-corrected chi connectivity index (χ2v) is 3.35. The van der Waals surface area contributed by atoms with Crippen LogP contribution in [0.4, 0.5) is 14.5 Å². The summed E-state index contributed by atoms with van der Waals surface area (Å²) in [6, 6.07) is 2.17. The summed E-state index contributed by atoms with van der Waals surface area (Å²) in [5.41, 5.74) is -0.679. The molecule has 2 N–H and O–H groups in total. The number of nitrogens with one attached hydrogen (secondary N) is 1. The summed E-state index contributed by atoms with van der Waals surface area (Å²) in [6.07, 6.45) is -3.25. The molecule has 0 bridgehead atoms. The number of benzene rings is 1. The molecule has 0 aromatic heterocycles. The van der Waals surface area contributed by atoms with E-state index in [9.17, 15) is 18.4 Å². The van der Waals surface area contributed by atoms with Crippen LogP contribution < -0.4 is 14.8 Å². The molecule has 0 unspecified atom stereocenters. The number of amides is 1. The summed E-state index contributed by atoms with van der Waals surface area (Å²) in [6.45, 7) is 0. The topological polar surface area (TPSA) is 84.9 Å². The molecule has 104 valence electrons. The summed E-state index contributed by atoms with van der Waals surface area (Å²) in [5, 5.41) is 10.8. The number of methoxy groups -OCH3 is 2. The Morgan fingerprint density at radius 2 is 1.74 bits per heavy atom. The first-order valence-electron chi connectivity index (χ1n) is 4.99. The van der Waals surface area contributed by atoms with Gasteiger partial charge < -0.3 is 19.9 Å². The third-order valence-corrected chi connectivity index (χ3v) is 2.21. The second-order valence-electron chi connectivity index (χ2n) is 3.35. The minimum Gasteiger partial charge on any atom is -0.493 e. The first-order chi connectivity index (χ1) is 8.90. The molecule has 0 aliphatic rings. The fourth-order valence-electron chi connectivity index (χ4n) is 1.35. The average molecular weight is 275 g/mol. The number of aromatic carboxylic acids is 1. The number of carbonyl (C=O) groups excluding carboxylic acids is 1. The van der Waals surface area contributed by atoms with Crippen molar-refractivity contribution in [2.45, 2.75) is 6.43 Å². The van der Waals surface area contributed by atoms with Crippen LogP contribution in [0.2, 0.25) is 0 Å². The van der Waals surface area contributed by atoms with Gasteiger partial charge in [0.05, 0.1) is 25.5 Å². The molecule has 8 heteroatoms. The number of alkyl halides is 2. The highest BCUT2D eigenvalue weighted by Gasteiger charge is 2.21. The van der Waals surface area contributed by atoms with Gasteiger partial charge in [0.25, 0.3) is 5.91 Å². The maximum atomic E-state index is 12.2. The monoisotopic (exact) mass is 275 g/mol. The number of rotatable bonds is 5. The minimum absolute atomic E-state index is 0.106. The average Bonchev–Trinajstić information content (AvgIpc) is 2.37. The van der Waals surface area contributed by atoms with Crippen molar-refractivity contribution in [2.24, 2.45) is 0 Å². The van der Waals surface area contributed by atoms with Crippen molar-refractivity contribution in [1.82, 2.24) is 0 Å². The van der Waals surface area contributed by atoms with Gasteiger partial charge in [-0.15, -0.1) is 0 Å². The Labute approximate surface area is 106 Å². The fourth-order valence-corrected chi connectivity index (χ4v) is 1.35. The van der Waals surface area contributed by atoms with Gasteiger partial charge in [-0.2, -0.15) is 8.78 Å². The smallest absolute Gasteiger partial charge is 0.337 e. The lowest BCUT2D eigenvalue weighted by molar-refractivity contribution is -0.126. The van der Waals surface area contributed by atoms with E-state index in [1.54, 1.807) is 0 Å². The molecule has 1 rings (SSSR count). The molecule has 1 amide bonds. The van der Waals surface area contributed by atoms with E-state index in [0.29, 0.717) is 0 Å². The molecule has 19 heavy (non-hydrogen) atoms. The number of ether oxygens (including phenoxy) is 2. The van der Waals surface area contributed by atoms with Crippen molar-refractivity contribution in [3.05, 3.63) is 17.7 Å². The van der Waals surface area contributed by atoms with Crippen LogP contribution in [0.25, 0.3) is 0 Å². The number of anilines is 1. The predicted octanol–water partition coefficient (Wildman–Crippen LogP) is 1.61. The molecule has 0 spiro atoms. The third-order valence-electron chi connectivity index (χ3n) is 2.21. The lowest BCUT2D eigenvalue weighted by atomic mass is 10.1. The zero-order valence-corrected chi connectivity index (χ0v) is 10.1. The molecule has 6 nitrogen and oxygen atoms in total. The summed E-state index contributed by atoms with van der Waals surface area (Å²) in [5.74, 6) is -2.78.